The third kappa shape index (κ3) is 5.97. The van der Waals surface area contributed by atoms with Gasteiger partial charge in [0.1, 0.15) is 5.69 Å². The van der Waals surface area contributed by atoms with E-state index in [1.807, 2.05) is 36.5 Å². The topological polar surface area (TPSA) is 109 Å². The number of methoxy groups -OCH3 is 1. The van der Waals surface area contributed by atoms with E-state index in [2.05, 4.69) is 33.6 Å². The number of nitrogens with zero attached hydrogens (tertiary/aromatic N) is 6. The molecule has 0 unspecified atom stereocenters. The summed E-state index contributed by atoms with van der Waals surface area (Å²) >= 11 is 1.57. The number of anilines is 1. The minimum atomic E-state index is -0.177. The van der Waals surface area contributed by atoms with Crippen LogP contribution in [0, 0.1) is 11.3 Å². The van der Waals surface area contributed by atoms with Gasteiger partial charge in [0.25, 0.3) is 5.91 Å². The summed E-state index contributed by atoms with van der Waals surface area (Å²) in [5, 5.41) is 21.1. The lowest BCUT2D eigenvalue weighted by atomic mass is 9.96. The first kappa shape index (κ1) is 25.7. The van der Waals surface area contributed by atoms with Gasteiger partial charge in [0, 0.05) is 35.7 Å². The second kappa shape index (κ2) is 11.6. The Kier molecular flexibility index (Phi) is 7.89. The number of nitrogens with one attached hydrogen (secondary N) is 1. The third-order valence-corrected chi connectivity index (χ3v) is 7.82. The fourth-order valence-electron chi connectivity index (χ4n) is 4.60. The number of benzene rings is 2. The number of fused-ring (bicyclic) bond motifs is 1. The normalized spacial score (nSPS) is 14.7. The number of hydrogen-bond donors (Lipinski definition) is 1. The predicted molar refractivity (Wildman–Crippen MR) is 146 cm³/mol. The number of aryl methyl sites for hydroxylation is 1. The fraction of sp³-hybridized carbons (Fsp3) is 0.321. The minimum absolute atomic E-state index is 0.177. The van der Waals surface area contributed by atoms with Crippen molar-refractivity contribution in [2.45, 2.75) is 31.8 Å². The Balaban J connectivity index is 1.22. The summed E-state index contributed by atoms with van der Waals surface area (Å²) < 4.78 is 6.95. The van der Waals surface area contributed by atoms with Gasteiger partial charge in [0.05, 0.1) is 36.7 Å². The summed E-state index contributed by atoms with van der Waals surface area (Å²) in [6, 6.07) is 17.3. The highest BCUT2D eigenvalue weighted by molar-refractivity contribution is 7.15. The Morgan fingerprint density at radius 3 is 2.92 bits per heavy atom. The number of amides is 1. The van der Waals surface area contributed by atoms with Gasteiger partial charge in [-0.25, -0.2) is 9.67 Å². The van der Waals surface area contributed by atoms with Crippen molar-refractivity contribution in [2.24, 2.45) is 0 Å². The summed E-state index contributed by atoms with van der Waals surface area (Å²) in [5.74, 6) is -0.177. The average molecular weight is 528 g/mol. The zero-order valence-corrected chi connectivity index (χ0v) is 22.2. The minimum Gasteiger partial charge on any atom is -0.383 e. The second-order valence-electron chi connectivity index (χ2n) is 9.40. The molecule has 0 aliphatic heterocycles. The number of aromatic nitrogens is 4. The molecule has 9 nitrogen and oxygen atoms in total. The SMILES string of the molecule is COCCN(C)[C@@H]1CCc2nc(NC(=O)c3cccc(Cn4cc(-c5ccc(C#N)cc5)nn4)c3)sc2C1. The number of likely N-dealkylation sites (N-methyl/N-ethyl adjacent to an activating group) is 1. The molecule has 0 radical (unpaired) electrons. The standard InChI is InChI=1S/C28H29N7O2S/c1-34(12-13-37-2)23-10-11-24-26(15-23)38-28(30-24)31-27(36)22-5-3-4-20(14-22)17-35-18-25(32-33-35)21-8-6-19(16-29)7-9-21/h3-9,14,18,23H,10-13,15,17H2,1-2H3,(H,30,31,36)/t23-/m1/s1. The lowest BCUT2D eigenvalue weighted by Crippen LogP contribution is -2.38. The van der Waals surface area contributed by atoms with E-state index in [1.54, 1.807) is 41.3 Å². The number of nitriles is 1. The second-order valence-corrected chi connectivity index (χ2v) is 10.5. The third-order valence-electron chi connectivity index (χ3n) is 6.79. The molecule has 0 bridgehead atoms. The van der Waals surface area contributed by atoms with Gasteiger partial charge in [-0.3, -0.25) is 10.1 Å². The Morgan fingerprint density at radius 1 is 1.29 bits per heavy atom. The molecule has 0 saturated carbocycles. The molecule has 2 aromatic carbocycles. The molecule has 1 aliphatic rings. The van der Waals surface area contributed by atoms with E-state index in [0.29, 0.717) is 28.8 Å². The average Bonchev–Trinajstić information content (AvgIpc) is 3.58. The van der Waals surface area contributed by atoms with E-state index in [0.717, 1.165) is 54.9 Å². The summed E-state index contributed by atoms with van der Waals surface area (Å²) in [5.41, 5.74) is 4.82. The van der Waals surface area contributed by atoms with Crippen LogP contribution in [-0.2, 0) is 24.1 Å². The zero-order chi connectivity index (χ0) is 26.5. The number of hydrogen-bond acceptors (Lipinski definition) is 8. The van der Waals surface area contributed by atoms with Gasteiger partial charge < -0.3 is 9.64 Å². The van der Waals surface area contributed by atoms with Crippen molar-refractivity contribution in [3.8, 4) is 17.3 Å². The Labute approximate surface area is 225 Å². The molecule has 1 atom stereocenters. The lowest BCUT2D eigenvalue weighted by Gasteiger charge is -2.30. The van der Waals surface area contributed by atoms with E-state index in [-0.39, 0.29) is 5.91 Å². The molecular formula is C28H29N7O2S. The number of thiazole rings is 1. The highest BCUT2D eigenvalue weighted by Gasteiger charge is 2.25. The van der Waals surface area contributed by atoms with E-state index >= 15 is 0 Å². The van der Waals surface area contributed by atoms with Crippen LogP contribution in [0.15, 0.2) is 54.7 Å². The number of rotatable bonds is 9. The molecule has 2 heterocycles. The Bertz CT molecular complexity index is 1450. The van der Waals surface area contributed by atoms with Gasteiger partial charge in [0.15, 0.2) is 5.13 Å². The smallest absolute Gasteiger partial charge is 0.257 e. The first-order valence-electron chi connectivity index (χ1n) is 12.5. The van der Waals surface area contributed by atoms with E-state index < -0.39 is 0 Å². The van der Waals surface area contributed by atoms with Gasteiger partial charge in [-0.2, -0.15) is 5.26 Å². The molecule has 10 heteroatoms. The van der Waals surface area contributed by atoms with Gasteiger partial charge in [-0.15, -0.1) is 16.4 Å². The van der Waals surface area contributed by atoms with Crippen LogP contribution in [-0.4, -0.2) is 64.1 Å². The van der Waals surface area contributed by atoms with Crippen molar-refractivity contribution >= 4 is 22.4 Å². The van der Waals surface area contributed by atoms with Crippen LogP contribution in [0.4, 0.5) is 5.13 Å². The number of carbonyl (C=O) groups is 1. The zero-order valence-electron chi connectivity index (χ0n) is 21.4. The van der Waals surface area contributed by atoms with E-state index in [9.17, 15) is 4.79 Å². The molecule has 38 heavy (non-hydrogen) atoms. The number of ether oxygens (including phenoxy) is 1. The van der Waals surface area contributed by atoms with Crippen molar-refractivity contribution < 1.29 is 9.53 Å². The monoisotopic (exact) mass is 527 g/mol. The first-order chi connectivity index (χ1) is 18.5. The van der Waals surface area contributed by atoms with Crippen molar-refractivity contribution in [3.05, 3.63) is 82.0 Å². The summed E-state index contributed by atoms with van der Waals surface area (Å²) in [7, 11) is 3.86. The largest absolute Gasteiger partial charge is 0.383 e. The lowest BCUT2D eigenvalue weighted by molar-refractivity contribution is 0.102. The maximum atomic E-state index is 13.0. The van der Waals surface area contributed by atoms with E-state index in [1.165, 1.54) is 4.88 Å². The Morgan fingerprint density at radius 2 is 2.13 bits per heavy atom. The summed E-state index contributed by atoms with van der Waals surface area (Å²) in [4.78, 5) is 21.3. The van der Waals surface area contributed by atoms with Crippen LogP contribution >= 0.6 is 11.3 Å². The highest BCUT2D eigenvalue weighted by atomic mass is 32.1. The van der Waals surface area contributed by atoms with Gasteiger partial charge >= 0.3 is 0 Å². The quantitative estimate of drug-likeness (QED) is 0.350. The molecule has 1 N–H and O–H groups in total. The van der Waals surface area contributed by atoms with Crippen LogP contribution in [0.1, 0.15) is 38.5 Å². The van der Waals surface area contributed by atoms with E-state index in [4.69, 9.17) is 15.0 Å². The van der Waals surface area contributed by atoms with Crippen molar-refractivity contribution in [2.75, 3.05) is 32.6 Å². The molecule has 194 valence electrons. The van der Waals surface area contributed by atoms with Crippen LogP contribution in [0.5, 0.6) is 0 Å². The van der Waals surface area contributed by atoms with Gasteiger partial charge in [-0.05, 0) is 56.1 Å². The van der Waals surface area contributed by atoms with Crippen LogP contribution in [0.2, 0.25) is 0 Å². The highest BCUT2D eigenvalue weighted by Crippen LogP contribution is 2.31. The van der Waals surface area contributed by atoms with Crippen molar-refractivity contribution in [1.29, 1.82) is 5.26 Å². The summed E-state index contributed by atoms with van der Waals surface area (Å²) in [6.45, 7) is 2.10. The molecule has 4 aromatic rings. The summed E-state index contributed by atoms with van der Waals surface area (Å²) in [6.07, 6.45) is 4.78. The predicted octanol–water partition coefficient (Wildman–Crippen LogP) is 4.01. The van der Waals surface area contributed by atoms with Crippen molar-refractivity contribution in [3.63, 3.8) is 0 Å². The molecule has 1 amide bonds. The van der Waals surface area contributed by atoms with Gasteiger partial charge in [-0.1, -0.05) is 29.5 Å². The molecule has 2 aromatic heterocycles. The Hall–Kier alpha value is -3.91. The maximum Gasteiger partial charge on any atom is 0.257 e. The van der Waals surface area contributed by atoms with Crippen molar-refractivity contribution in [1.82, 2.24) is 24.9 Å². The number of carbonyl (C=O) groups excluding carboxylic acids is 1. The van der Waals surface area contributed by atoms with Crippen LogP contribution in [0.3, 0.4) is 0 Å². The first-order valence-corrected chi connectivity index (χ1v) is 13.3. The molecule has 0 spiro atoms. The fourth-order valence-corrected chi connectivity index (χ4v) is 5.67. The van der Waals surface area contributed by atoms with Crippen LogP contribution < -0.4 is 5.32 Å². The molecule has 0 saturated heterocycles. The molecular weight excluding hydrogens is 498 g/mol. The maximum absolute atomic E-state index is 13.0. The van der Waals surface area contributed by atoms with Crippen LogP contribution in [0.25, 0.3) is 11.3 Å². The molecule has 0 fully saturated rings. The molecule has 5 rings (SSSR count). The van der Waals surface area contributed by atoms with Gasteiger partial charge in [0.2, 0.25) is 0 Å². The molecule has 1 aliphatic carbocycles.